The molecule has 45 heavy (non-hydrogen) atoms. The van der Waals surface area contributed by atoms with E-state index >= 15 is 0 Å². The predicted molar refractivity (Wildman–Crippen MR) is 182 cm³/mol. The predicted octanol–water partition coefficient (Wildman–Crippen LogP) is 4.88. The van der Waals surface area contributed by atoms with Gasteiger partial charge in [0.25, 0.3) is 0 Å². The Morgan fingerprint density at radius 1 is 0.622 bits per heavy atom. The van der Waals surface area contributed by atoms with Gasteiger partial charge in [-0.3, -0.25) is 9.59 Å². The van der Waals surface area contributed by atoms with Crippen LogP contribution in [0.2, 0.25) is 0 Å². The summed E-state index contributed by atoms with van der Waals surface area (Å²) in [5.41, 5.74) is 1.74. The number of anilines is 1. The SMILES string of the molecule is Cc1cccc(NC(=O)[C@H]2[C@@H](C(=O)O)[C@@H]3CC[C@H]2O3)c1.c1cc[c]([Sb]([c]2ccccc2)([c]2ccccc2)[c]2ccccc2)cc1. The maximum absolute atomic E-state index is 12.4. The van der Waals surface area contributed by atoms with Gasteiger partial charge in [0.05, 0.1) is 24.0 Å². The minimum atomic E-state index is -3.17. The molecule has 227 valence electrons. The van der Waals surface area contributed by atoms with E-state index in [-0.39, 0.29) is 18.1 Å². The fourth-order valence-corrected chi connectivity index (χ4v) is 19.0. The molecule has 2 saturated heterocycles. The molecular weight excluding hydrogens is 668 g/mol. The molecule has 7 rings (SSSR count). The average molecular weight is 705 g/mol. The van der Waals surface area contributed by atoms with Crippen molar-refractivity contribution in [1.29, 1.82) is 0 Å². The summed E-state index contributed by atoms with van der Waals surface area (Å²) in [6.45, 7) is 1.94. The third-order valence-electron chi connectivity index (χ3n) is 8.72. The molecule has 5 aromatic rings. The minimum absolute atomic E-state index is 0.254. The molecule has 2 fully saturated rings. The third kappa shape index (κ3) is 6.33. The Bertz CT molecular complexity index is 1570. The van der Waals surface area contributed by atoms with Crippen LogP contribution in [0.3, 0.4) is 0 Å². The first kappa shape index (κ1) is 30.8. The maximum atomic E-state index is 12.4. The normalized spacial score (nSPS) is 20.1. The van der Waals surface area contributed by atoms with Gasteiger partial charge in [0.15, 0.2) is 0 Å². The summed E-state index contributed by atoms with van der Waals surface area (Å²) < 4.78 is 11.5. The number of aryl methyl sites for hydroxylation is 1. The molecule has 4 atom stereocenters. The number of hydrogen-bond donors (Lipinski definition) is 2. The van der Waals surface area contributed by atoms with Gasteiger partial charge in [0.1, 0.15) is 0 Å². The van der Waals surface area contributed by atoms with Gasteiger partial charge in [-0.05, 0) is 37.5 Å². The summed E-state index contributed by atoms with van der Waals surface area (Å²) in [5.74, 6) is -2.51. The summed E-state index contributed by atoms with van der Waals surface area (Å²) in [5, 5.41) is 12.1. The molecule has 0 aliphatic carbocycles. The van der Waals surface area contributed by atoms with E-state index in [9.17, 15) is 14.7 Å². The van der Waals surface area contributed by atoms with E-state index in [0.29, 0.717) is 5.69 Å². The molecule has 0 unspecified atom stereocenters. The monoisotopic (exact) mass is 704 g/mol. The van der Waals surface area contributed by atoms with E-state index < -0.39 is 36.6 Å². The first-order chi connectivity index (χ1) is 22.0. The number of carboxylic acid groups (broad SMARTS) is 1. The molecule has 2 aliphatic heterocycles. The van der Waals surface area contributed by atoms with Gasteiger partial charge in [-0.25, -0.2) is 0 Å². The topological polar surface area (TPSA) is 75.6 Å². The Kier molecular flexibility index (Phi) is 9.49. The second kappa shape index (κ2) is 13.9. The van der Waals surface area contributed by atoms with Gasteiger partial charge < -0.3 is 15.2 Å². The van der Waals surface area contributed by atoms with Crippen molar-refractivity contribution in [2.75, 3.05) is 5.32 Å². The Morgan fingerprint density at radius 2 is 1.04 bits per heavy atom. The van der Waals surface area contributed by atoms with E-state index in [0.717, 1.165) is 18.4 Å². The standard InChI is InChI=1S/C15H17NO4.4C6H5.Sb/c1-8-3-2-4-9(7-8)16-14(17)12-10-5-6-11(20-10)13(12)15(18)19;4*1-2-4-6-5-3-1;/h2-4,7,10-13H,5-6H2,1H3,(H,16,17)(H,18,19);4*1-5H;/t10-,11+,12-,13+;;;;;/m1...../s1. The third-order valence-corrected chi connectivity index (χ3v) is 21.0. The molecule has 6 heteroatoms. The van der Waals surface area contributed by atoms with Crippen LogP contribution in [0.15, 0.2) is 146 Å². The van der Waals surface area contributed by atoms with Gasteiger partial charge in [0.2, 0.25) is 5.91 Å². The summed E-state index contributed by atoms with van der Waals surface area (Å²) in [4.78, 5) is 23.7. The number of benzene rings is 5. The van der Waals surface area contributed by atoms with Crippen LogP contribution in [0.4, 0.5) is 5.69 Å². The Morgan fingerprint density at radius 3 is 1.44 bits per heavy atom. The second-order valence-electron chi connectivity index (χ2n) is 11.6. The quantitative estimate of drug-likeness (QED) is 0.237. The van der Waals surface area contributed by atoms with Crippen LogP contribution >= 0.6 is 0 Å². The number of amides is 1. The summed E-state index contributed by atoms with van der Waals surface area (Å²) in [7, 11) is 0. The number of nitrogens with one attached hydrogen (secondary N) is 1. The number of ether oxygens (including phenoxy) is 1. The molecule has 1 amide bonds. The number of carbonyl (C=O) groups is 2. The number of aliphatic carboxylic acids is 1. The zero-order chi connectivity index (χ0) is 31.2. The number of carbonyl (C=O) groups excluding carboxylic acids is 1. The Hall–Kier alpha value is -4.18. The summed E-state index contributed by atoms with van der Waals surface area (Å²) in [6.07, 6.45) is 0.924. The molecule has 0 saturated carbocycles. The van der Waals surface area contributed by atoms with Crippen LogP contribution in [0.25, 0.3) is 0 Å². The molecule has 2 N–H and O–H groups in total. The van der Waals surface area contributed by atoms with E-state index in [4.69, 9.17) is 4.74 Å². The van der Waals surface area contributed by atoms with Crippen molar-refractivity contribution in [3.63, 3.8) is 0 Å². The summed E-state index contributed by atoms with van der Waals surface area (Å²) in [6, 6.07) is 51.8. The fraction of sp³-hybridized carbons (Fsp3) is 0.179. The Labute approximate surface area is 268 Å². The van der Waals surface area contributed by atoms with E-state index in [1.807, 2.05) is 25.1 Å². The first-order valence-corrected chi connectivity index (χ1v) is 20.5. The van der Waals surface area contributed by atoms with Crippen molar-refractivity contribution in [3.05, 3.63) is 151 Å². The molecule has 0 spiro atoms. The first-order valence-electron chi connectivity index (χ1n) is 15.4. The van der Waals surface area contributed by atoms with E-state index in [1.54, 1.807) is 6.07 Å². The van der Waals surface area contributed by atoms with Crippen molar-refractivity contribution in [1.82, 2.24) is 0 Å². The zero-order valence-corrected chi connectivity index (χ0v) is 27.8. The number of fused-ring (bicyclic) bond motifs is 2. The van der Waals surface area contributed by atoms with Crippen LogP contribution in [0.1, 0.15) is 18.4 Å². The van der Waals surface area contributed by atoms with Crippen molar-refractivity contribution in [2.45, 2.75) is 32.0 Å². The van der Waals surface area contributed by atoms with Crippen molar-refractivity contribution >= 4 is 50.4 Å². The van der Waals surface area contributed by atoms with Gasteiger partial charge >= 0.3 is 160 Å². The van der Waals surface area contributed by atoms with Crippen molar-refractivity contribution < 1.29 is 19.4 Å². The van der Waals surface area contributed by atoms with Gasteiger partial charge in [0, 0.05) is 5.69 Å². The zero-order valence-electron chi connectivity index (χ0n) is 25.2. The molecule has 2 aliphatic rings. The molecule has 5 nitrogen and oxygen atoms in total. The number of hydrogen-bond acceptors (Lipinski definition) is 3. The van der Waals surface area contributed by atoms with Crippen LogP contribution in [0, 0.1) is 18.8 Å². The van der Waals surface area contributed by atoms with Gasteiger partial charge in [-0.2, -0.15) is 0 Å². The second-order valence-corrected chi connectivity index (χ2v) is 21.3. The van der Waals surface area contributed by atoms with Crippen molar-refractivity contribution in [3.8, 4) is 0 Å². The van der Waals surface area contributed by atoms with Gasteiger partial charge in [-0.15, -0.1) is 0 Å². The van der Waals surface area contributed by atoms with Crippen LogP contribution in [-0.4, -0.2) is 48.0 Å². The van der Waals surface area contributed by atoms with E-state index in [1.165, 1.54) is 14.0 Å². The number of rotatable bonds is 7. The molecule has 0 aromatic heterocycles. The van der Waals surface area contributed by atoms with Crippen LogP contribution in [0.5, 0.6) is 0 Å². The molecule has 1 radical (unpaired) electrons. The molecule has 2 bridgehead atoms. The summed E-state index contributed by atoms with van der Waals surface area (Å²) >= 11 is -3.17. The molecular formula is C39H37NO4Sb. The Balaban J connectivity index is 0.000000163. The van der Waals surface area contributed by atoms with Gasteiger partial charge in [-0.1, -0.05) is 12.1 Å². The average Bonchev–Trinajstić information content (AvgIpc) is 3.70. The fourth-order valence-electron chi connectivity index (χ4n) is 6.77. The van der Waals surface area contributed by atoms with Crippen molar-refractivity contribution in [2.24, 2.45) is 11.8 Å². The van der Waals surface area contributed by atoms with Crippen LogP contribution in [-0.2, 0) is 14.3 Å². The molecule has 2 heterocycles. The van der Waals surface area contributed by atoms with E-state index in [2.05, 4.69) is 127 Å². The van der Waals surface area contributed by atoms with Crippen LogP contribution < -0.4 is 19.4 Å². The molecule has 5 aromatic carbocycles. The number of carboxylic acids is 1.